The SMILES string of the molecule is C=C(/C(C)=C/C(C)=C(C)C)N(C)C. The van der Waals surface area contributed by atoms with Gasteiger partial charge in [-0.1, -0.05) is 23.8 Å². The summed E-state index contributed by atoms with van der Waals surface area (Å²) >= 11 is 0. The average Bonchev–Trinajstić information content (AvgIpc) is 2.02. The first-order valence-corrected chi connectivity index (χ1v) is 4.55. The molecule has 0 amide bonds. The molecule has 0 fully saturated rings. The molecule has 0 heterocycles. The maximum Gasteiger partial charge on any atom is 0.0317 e. The van der Waals surface area contributed by atoms with Gasteiger partial charge < -0.3 is 4.90 Å². The third-order valence-electron chi connectivity index (χ3n) is 2.22. The van der Waals surface area contributed by atoms with E-state index in [0.717, 1.165) is 5.70 Å². The van der Waals surface area contributed by atoms with Gasteiger partial charge in [0.15, 0.2) is 0 Å². The Labute approximate surface area is 82.4 Å². The maximum absolute atomic E-state index is 4.00. The van der Waals surface area contributed by atoms with E-state index in [2.05, 4.69) is 40.3 Å². The van der Waals surface area contributed by atoms with Gasteiger partial charge in [-0.05, 0) is 33.3 Å². The highest BCUT2D eigenvalue weighted by molar-refractivity contribution is 5.33. The molecule has 0 rings (SSSR count). The van der Waals surface area contributed by atoms with Gasteiger partial charge >= 0.3 is 0 Å². The van der Waals surface area contributed by atoms with Gasteiger partial charge in [0.25, 0.3) is 0 Å². The standard InChI is InChI=1S/C12H21N/c1-9(2)10(3)8-11(4)12(5)13(6)7/h8H,5H2,1-4,6-7H3/b11-8+. The van der Waals surface area contributed by atoms with Crippen LogP contribution < -0.4 is 0 Å². The maximum atomic E-state index is 4.00. The molecule has 0 spiro atoms. The number of hydrogen-bond acceptors (Lipinski definition) is 1. The van der Waals surface area contributed by atoms with Crippen molar-refractivity contribution in [2.24, 2.45) is 0 Å². The van der Waals surface area contributed by atoms with Gasteiger partial charge in [0.1, 0.15) is 0 Å². The molecule has 0 aromatic rings. The van der Waals surface area contributed by atoms with Crippen LogP contribution in [0, 0.1) is 0 Å². The Balaban J connectivity index is 4.70. The quantitative estimate of drug-likeness (QED) is 0.600. The van der Waals surface area contributed by atoms with Gasteiger partial charge in [-0.3, -0.25) is 0 Å². The minimum absolute atomic E-state index is 1.07. The van der Waals surface area contributed by atoms with Gasteiger partial charge in [-0.25, -0.2) is 0 Å². The van der Waals surface area contributed by atoms with Crippen molar-refractivity contribution in [1.82, 2.24) is 4.90 Å². The van der Waals surface area contributed by atoms with Gasteiger partial charge in [0.05, 0.1) is 0 Å². The van der Waals surface area contributed by atoms with Crippen molar-refractivity contribution in [2.75, 3.05) is 14.1 Å². The van der Waals surface area contributed by atoms with Gasteiger partial charge in [0.2, 0.25) is 0 Å². The molecule has 1 nitrogen and oxygen atoms in total. The van der Waals surface area contributed by atoms with Crippen LogP contribution in [0.5, 0.6) is 0 Å². The zero-order valence-corrected chi connectivity index (χ0v) is 9.73. The second kappa shape index (κ2) is 4.90. The lowest BCUT2D eigenvalue weighted by atomic mass is 10.1. The van der Waals surface area contributed by atoms with Gasteiger partial charge in [0, 0.05) is 19.8 Å². The molecule has 0 saturated carbocycles. The van der Waals surface area contributed by atoms with Crippen molar-refractivity contribution in [2.45, 2.75) is 27.7 Å². The van der Waals surface area contributed by atoms with Crippen molar-refractivity contribution < 1.29 is 0 Å². The molecule has 13 heavy (non-hydrogen) atoms. The van der Waals surface area contributed by atoms with E-state index in [-0.39, 0.29) is 0 Å². The first kappa shape index (κ1) is 12.0. The van der Waals surface area contributed by atoms with Crippen LogP contribution in [-0.4, -0.2) is 19.0 Å². The highest BCUT2D eigenvalue weighted by atomic mass is 15.1. The summed E-state index contributed by atoms with van der Waals surface area (Å²) in [5.41, 5.74) is 4.97. The Bertz CT molecular complexity index is 250. The van der Waals surface area contributed by atoms with Gasteiger partial charge in [-0.15, -0.1) is 0 Å². The van der Waals surface area contributed by atoms with Crippen molar-refractivity contribution in [3.8, 4) is 0 Å². The topological polar surface area (TPSA) is 3.24 Å². The molecule has 0 aromatic heterocycles. The monoisotopic (exact) mass is 179 g/mol. The number of nitrogens with zero attached hydrogens (tertiary/aromatic N) is 1. The molecule has 0 N–H and O–H groups in total. The van der Waals surface area contributed by atoms with E-state index in [1.165, 1.54) is 16.7 Å². The molecular formula is C12H21N. The van der Waals surface area contributed by atoms with Crippen LogP contribution >= 0.6 is 0 Å². The van der Waals surface area contributed by atoms with Crippen LogP contribution in [0.3, 0.4) is 0 Å². The average molecular weight is 179 g/mol. The van der Waals surface area contributed by atoms with Crippen LogP contribution in [-0.2, 0) is 0 Å². The Morgan fingerprint density at radius 3 is 1.85 bits per heavy atom. The minimum atomic E-state index is 1.07. The van der Waals surface area contributed by atoms with Crippen molar-refractivity contribution in [3.05, 3.63) is 35.1 Å². The molecule has 0 atom stereocenters. The summed E-state index contributed by atoms with van der Waals surface area (Å²) in [6.07, 6.45) is 2.18. The smallest absolute Gasteiger partial charge is 0.0317 e. The zero-order valence-electron chi connectivity index (χ0n) is 9.73. The summed E-state index contributed by atoms with van der Waals surface area (Å²) in [5, 5.41) is 0. The predicted molar refractivity (Wildman–Crippen MR) is 60.6 cm³/mol. The summed E-state index contributed by atoms with van der Waals surface area (Å²) in [4.78, 5) is 2.03. The van der Waals surface area contributed by atoms with E-state index in [0.29, 0.717) is 0 Å². The fourth-order valence-electron chi connectivity index (χ4n) is 0.905. The first-order chi connectivity index (χ1) is 5.86. The minimum Gasteiger partial charge on any atom is -0.378 e. The molecule has 0 aliphatic carbocycles. The van der Waals surface area contributed by atoms with E-state index in [1.807, 2.05) is 19.0 Å². The molecule has 1 heteroatoms. The van der Waals surface area contributed by atoms with E-state index in [1.54, 1.807) is 0 Å². The predicted octanol–water partition coefficient (Wildman–Crippen LogP) is 3.36. The Hall–Kier alpha value is -0.980. The Morgan fingerprint density at radius 1 is 1.08 bits per heavy atom. The van der Waals surface area contributed by atoms with E-state index < -0.39 is 0 Å². The molecule has 0 saturated heterocycles. The van der Waals surface area contributed by atoms with E-state index in [9.17, 15) is 0 Å². The van der Waals surface area contributed by atoms with Crippen molar-refractivity contribution >= 4 is 0 Å². The Kier molecular flexibility index (Phi) is 4.53. The molecule has 0 bridgehead atoms. The highest BCUT2D eigenvalue weighted by Gasteiger charge is 1.98. The van der Waals surface area contributed by atoms with Crippen LogP contribution in [0.2, 0.25) is 0 Å². The van der Waals surface area contributed by atoms with Crippen LogP contribution in [0.4, 0.5) is 0 Å². The number of hydrogen-bond donors (Lipinski definition) is 0. The highest BCUT2D eigenvalue weighted by Crippen LogP contribution is 2.13. The fraction of sp³-hybridized carbons (Fsp3) is 0.500. The number of allylic oxidation sites excluding steroid dienone is 4. The third kappa shape index (κ3) is 3.97. The summed E-state index contributed by atoms with van der Waals surface area (Å²) in [5.74, 6) is 0. The second-order valence-corrected chi connectivity index (χ2v) is 3.85. The van der Waals surface area contributed by atoms with Crippen LogP contribution in [0.15, 0.2) is 35.1 Å². The summed E-state index contributed by atoms with van der Waals surface area (Å²) in [7, 11) is 4.02. The summed E-state index contributed by atoms with van der Waals surface area (Å²) < 4.78 is 0. The largest absolute Gasteiger partial charge is 0.378 e. The van der Waals surface area contributed by atoms with Crippen molar-refractivity contribution in [3.63, 3.8) is 0 Å². The molecular weight excluding hydrogens is 158 g/mol. The molecule has 0 unspecified atom stereocenters. The first-order valence-electron chi connectivity index (χ1n) is 4.55. The normalized spacial score (nSPS) is 11.1. The molecule has 0 aromatic carbocycles. The molecule has 0 radical (unpaired) electrons. The van der Waals surface area contributed by atoms with Crippen LogP contribution in [0.25, 0.3) is 0 Å². The van der Waals surface area contributed by atoms with E-state index in [4.69, 9.17) is 0 Å². The summed E-state index contributed by atoms with van der Waals surface area (Å²) in [6.45, 7) is 12.5. The molecule has 0 aliphatic heterocycles. The van der Waals surface area contributed by atoms with Crippen LogP contribution in [0.1, 0.15) is 27.7 Å². The Morgan fingerprint density at radius 2 is 1.54 bits per heavy atom. The van der Waals surface area contributed by atoms with Gasteiger partial charge in [-0.2, -0.15) is 0 Å². The fourth-order valence-corrected chi connectivity index (χ4v) is 0.905. The number of likely N-dealkylation sites (N-methyl/N-ethyl adjacent to an activating group) is 1. The third-order valence-corrected chi connectivity index (χ3v) is 2.22. The van der Waals surface area contributed by atoms with E-state index >= 15 is 0 Å². The summed E-state index contributed by atoms with van der Waals surface area (Å²) in [6, 6.07) is 0. The second-order valence-electron chi connectivity index (χ2n) is 3.85. The lowest BCUT2D eigenvalue weighted by Gasteiger charge is -2.16. The van der Waals surface area contributed by atoms with Crippen molar-refractivity contribution in [1.29, 1.82) is 0 Å². The zero-order chi connectivity index (χ0) is 10.6. The number of rotatable bonds is 3. The lowest BCUT2D eigenvalue weighted by Crippen LogP contribution is -2.10. The molecule has 74 valence electrons. The lowest BCUT2D eigenvalue weighted by molar-refractivity contribution is 0.524. The molecule has 0 aliphatic rings.